The van der Waals surface area contributed by atoms with Crippen LogP contribution in [0.3, 0.4) is 0 Å². The first kappa shape index (κ1) is 84.0. The van der Waals surface area contributed by atoms with Crippen LogP contribution in [-0.4, -0.2) is 0 Å². The van der Waals surface area contributed by atoms with Crippen LogP contribution in [0.1, 0.15) is 382 Å². The predicted molar refractivity (Wildman–Crippen MR) is 337 cm³/mol. The average molecular weight is 996 g/mol. The molecule has 434 valence electrons. The van der Waals surface area contributed by atoms with Gasteiger partial charge in [-0.2, -0.15) is 0 Å². The van der Waals surface area contributed by atoms with Crippen molar-refractivity contribution in [2.24, 2.45) is 74.9 Å². The molecule has 3 aliphatic carbocycles. The van der Waals surface area contributed by atoms with Gasteiger partial charge in [0.2, 0.25) is 0 Å². The first-order valence-corrected chi connectivity index (χ1v) is 32.1. The summed E-state index contributed by atoms with van der Waals surface area (Å²) in [6.07, 6.45) is 36.8. The van der Waals surface area contributed by atoms with Gasteiger partial charge in [0.15, 0.2) is 0 Å². The highest BCUT2D eigenvalue weighted by Gasteiger charge is 2.22. The molecule has 0 aliphatic heterocycles. The van der Waals surface area contributed by atoms with Gasteiger partial charge in [-0.15, -0.1) is 0 Å². The van der Waals surface area contributed by atoms with E-state index in [2.05, 4.69) is 215 Å². The van der Waals surface area contributed by atoms with E-state index < -0.39 is 0 Å². The topological polar surface area (TPSA) is 0 Å². The molecular formula is C70H154. The molecule has 0 N–H and O–H groups in total. The monoisotopic (exact) mass is 995 g/mol. The lowest BCUT2D eigenvalue weighted by molar-refractivity contribution is 0.283. The maximum Gasteiger partial charge on any atom is -0.0354 e. The summed E-state index contributed by atoms with van der Waals surface area (Å²) in [5, 5.41) is 0. The Labute approximate surface area is 454 Å². The van der Waals surface area contributed by atoms with E-state index in [1.165, 1.54) is 167 Å². The Bertz CT molecular complexity index is 854. The van der Waals surface area contributed by atoms with Crippen molar-refractivity contribution in [2.75, 3.05) is 0 Å². The molecular weight excluding hydrogens is 841 g/mol. The van der Waals surface area contributed by atoms with Gasteiger partial charge in [0.25, 0.3) is 0 Å². The highest BCUT2D eigenvalue weighted by molar-refractivity contribution is 4.74. The minimum absolute atomic E-state index is 0.500. The smallest absolute Gasteiger partial charge is 0.0354 e. The fourth-order valence-corrected chi connectivity index (χ4v) is 7.45. The average Bonchev–Trinajstić information content (AvgIpc) is 3.99. The number of unbranched alkanes of at least 4 members (excludes halogenated alkanes) is 1. The van der Waals surface area contributed by atoms with Crippen molar-refractivity contribution in [1.29, 1.82) is 0 Å². The van der Waals surface area contributed by atoms with Crippen molar-refractivity contribution < 1.29 is 0 Å². The molecule has 3 saturated carbocycles. The minimum Gasteiger partial charge on any atom is -0.0654 e. The second-order valence-electron chi connectivity index (χ2n) is 28.2. The van der Waals surface area contributed by atoms with E-state index in [1.807, 2.05) is 0 Å². The number of hydrogen-bond acceptors (Lipinski definition) is 0. The quantitative estimate of drug-likeness (QED) is 0.153. The second kappa shape index (κ2) is 53.8. The molecule has 0 heterocycles. The maximum atomic E-state index is 2.36. The van der Waals surface area contributed by atoms with Crippen molar-refractivity contribution in [1.82, 2.24) is 0 Å². The van der Waals surface area contributed by atoms with E-state index in [-0.39, 0.29) is 0 Å². The molecule has 0 nitrogen and oxygen atoms in total. The molecule has 0 heteroatoms. The van der Waals surface area contributed by atoms with E-state index in [0.29, 0.717) is 21.7 Å². The van der Waals surface area contributed by atoms with Gasteiger partial charge in [0.05, 0.1) is 0 Å². The third kappa shape index (κ3) is 74.5. The highest BCUT2D eigenvalue weighted by Crippen LogP contribution is 2.36. The molecule has 0 aromatic heterocycles. The van der Waals surface area contributed by atoms with Gasteiger partial charge in [-0.1, -0.05) is 362 Å². The molecule has 1 atom stereocenters. The standard InChI is InChI=1S/3C7H14.7C7H16/c1-7(2)5-3-4-6-7;1-7-5-3-2-4-6-7;1-2-7-5-3-4-6-7;1-6(2)7(3,4)5;1-6(2)5-7(3)4;2*1-5-7(3,4)6-2;1-5-7(4)6(2)3;1-4-5-6-7(2)3;1-4-7(5-2)6-3/h3-6H2,1-2H3;2*7H,2-6H2,1H3;6H,1-5H3;6-7H,5H2,1-4H3;2*5-6H2,1-4H3;6-7H,5H2,1-4H3;2*7H,4-6H2,1-3H3/t;;;;;;;7-;;/m.......0../s1. The summed E-state index contributed by atoms with van der Waals surface area (Å²) in [5.74, 6) is 8.34. The zero-order valence-corrected chi connectivity index (χ0v) is 56.6. The van der Waals surface area contributed by atoms with E-state index in [0.717, 1.165) is 53.3 Å². The Morgan fingerprint density at radius 1 is 0.457 bits per heavy atom. The lowest BCUT2D eigenvalue weighted by Crippen LogP contribution is -2.12. The molecule has 3 aliphatic rings. The van der Waals surface area contributed by atoms with Crippen molar-refractivity contribution >= 4 is 0 Å². The normalized spacial score (nSPS) is 16.1. The zero-order valence-electron chi connectivity index (χ0n) is 56.6. The number of rotatable bonds is 15. The first-order valence-electron chi connectivity index (χ1n) is 32.1. The first-order chi connectivity index (χ1) is 32.1. The molecule has 3 rings (SSSR count). The molecule has 0 unspecified atom stereocenters. The maximum absolute atomic E-state index is 2.36. The van der Waals surface area contributed by atoms with Crippen LogP contribution in [0.4, 0.5) is 0 Å². The SMILES string of the molecule is CC(C)C(C)(C)C.CC(C)CC(C)C.CC1(C)CCCC1.CC1CCCCC1.CCC(C)(C)CC.CCC(C)(C)CC.CCC(CC)CC.CCC1CCCC1.CCCCC(C)C.CC[C@H](C)C(C)C. The molecule has 0 radical (unpaired) electrons. The minimum atomic E-state index is 0.500. The molecule has 70 heavy (non-hydrogen) atoms. The van der Waals surface area contributed by atoms with E-state index in [1.54, 1.807) is 0 Å². The van der Waals surface area contributed by atoms with Gasteiger partial charge < -0.3 is 0 Å². The third-order valence-electron chi connectivity index (χ3n) is 17.1. The zero-order chi connectivity index (χ0) is 56.6. The summed E-state index contributed by atoms with van der Waals surface area (Å²) >= 11 is 0. The van der Waals surface area contributed by atoms with Gasteiger partial charge >= 0.3 is 0 Å². The van der Waals surface area contributed by atoms with Crippen LogP contribution in [0.25, 0.3) is 0 Å². The molecule has 0 amide bonds. The third-order valence-corrected chi connectivity index (χ3v) is 17.1. The van der Waals surface area contributed by atoms with Gasteiger partial charge in [0.1, 0.15) is 0 Å². The Kier molecular flexibility index (Phi) is 64.6. The van der Waals surface area contributed by atoms with Crippen molar-refractivity contribution in [3.8, 4) is 0 Å². The summed E-state index contributed by atoms with van der Waals surface area (Å²) in [6.45, 7) is 70.5. The van der Waals surface area contributed by atoms with Gasteiger partial charge in [-0.3, -0.25) is 0 Å². The van der Waals surface area contributed by atoms with Crippen molar-refractivity contribution in [2.45, 2.75) is 382 Å². The van der Waals surface area contributed by atoms with Crippen LogP contribution < -0.4 is 0 Å². The Balaban J connectivity index is -0.000000126. The van der Waals surface area contributed by atoms with Crippen LogP contribution in [0, 0.1) is 74.9 Å². The molecule has 0 saturated heterocycles. The second-order valence-corrected chi connectivity index (χ2v) is 28.2. The summed E-state index contributed by atoms with van der Waals surface area (Å²) in [5.41, 5.74) is 2.36. The summed E-state index contributed by atoms with van der Waals surface area (Å²) in [4.78, 5) is 0. The van der Waals surface area contributed by atoms with Crippen molar-refractivity contribution in [3.05, 3.63) is 0 Å². The Morgan fingerprint density at radius 2 is 0.800 bits per heavy atom. The van der Waals surface area contributed by atoms with Crippen molar-refractivity contribution in [3.63, 3.8) is 0 Å². The van der Waals surface area contributed by atoms with Crippen LogP contribution in [-0.2, 0) is 0 Å². The molecule has 0 aromatic carbocycles. The lowest BCUT2D eigenvalue weighted by atomic mass is 9.84. The summed E-state index contributed by atoms with van der Waals surface area (Å²) < 4.78 is 0. The summed E-state index contributed by atoms with van der Waals surface area (Å²) in [7, 11) is 0. The molecule has 3 fully saturated rings. The van der Waals surface area contributed by atoms with E-state index in [9.17, 15) is 0 Å². The molecule has 0 bridgehead atoms. The van der Waals surface area contributed by atoms with Crippen LogP contribution in [0.15, 0.2) is 0 Å². The van der Waals surface area contributed by atoms with Gasteiger partial charge in [-0.25, -0.2) is 0 Å². The fourth-order valence-electron chi connectivity index (χ4n) is 7.45. The van der Waals surface area contributed by atoms with E-state index in [4.69, 9.17) is 0 Å². The predicted octanol–water partition coefficient (Wildman–Crippen LogP) is 27.2. The largest absolute Gasteiger partial charge is 0.0654 e. The number of hydrogen-bond donors (Lipinski definition) is 0. The van der Waals surface area contributed by atoms with Crippen LogP contribution in [0.5, 0.6) is 0 Å². The van der Waals surface area contributed by atoms with E-state index >= 15 is 0 Å². The highest BCUT2D eigenvalue weighted by atomic mass is 14.3. The molecule has 0 aromatic rings. The van der Waals surface area contributed by atoms with Crippen LogP contribution >= 0.6 is 0 Å². The van der Waals surface area contributed by atoms with Gasteiger partial charge in [0, 0.05) is 0 Å². The van der Waals surface area contributed by atoms with Gasteiger partial charge in [-0.05, 0) is 94.2 Å². The molecule has 0 spiro atoms. The Morgan fingerprint density at radius 3 is 0.886 bits per heavy atom. The Hall–Kier alpha value is 0. The lowest BCUT2D eigenvalue weighted by Gasteiger charge is -2.22. The van der Waals surface area contributed by atoms with Crippen LogP contribution in [0.2, 0.25) is 0 Å². The summed E-state index contributed by atoms with van der Waals surface area (Å²) in [6, 6.07) is 0. The fraction of sp³-hybridized carbons (Fsp3) is 1.00.